The summed E-state index contributed by atoms with van der Waals surface area (Å²) in [5, 5.41) is 12.8. The van der Waals surface area contributed by atoms with Crippen molar-refractivity contribution in [1.82, 2.24) is 10.2 Å². The number of hydrogen-bond donors (Lipinski definition) is 2. The van der Waals surface area contributed by atoms with Gasteiger partial charge in [0.1, 0.15) is 0 Å². The van der Waals surface area contributed by atoms with Gasteiger partial charge in [0.25, 0.3) is 0 Å². The van der Waals surface area contributed by atoms with Crippen molar-refractivity contribution >= 4 is 0 Å². The first kappa shape index (κ1) is 16.3. The monoisotopic (exact) mass is 302 g/mol. The Labute approximate surface area is 122 Å². The van der Waals surface area contributed by atoms with Crippen LogP contribution in [0, 0.1) is 0 Å². The fourth-order valence-electron chi connectivity index (χ4n) is 2.62. The van der Waals surface area contributed by atoms with Crippen LogP contribution in [0.4, 0.5) is 13.2 Å². The second-order valence-corrected chi connectivity index (χ2v) is 5.61. The van der Waals surface area contributed by atoms with Gasteiger partial charge >= 0.3 is 6.18 Å². The topological polar surface area (TPSA) is 35.5 Å². The Balaban J connectivity index is 2.21. The fourth-order valence-corrected chi connectivity index (χ4v) is 2.62. The molecule has 0 amide bonds. The Bertz CT molecular complexity index is 442. The van der Waals surface area contributed by atoms with Crippen LogP contribution < -0.4 is 5.32 Å². The third-order valence-corrected chi connectivity index (χ3v) is 3.99. The number of alkyl halides is 3. The van der Waals surface area contributed by atoms with Crippen LogP contribution in [0.25, 0.3) is 0 Å². The van der Waals surface area contributed by atoms with Crippen LogP contribution in [0.5, 0.6) is 0 Å². The van der Waals surface area contributed by atoms with Crippen molar-refractivity contribution < 1.29 is 18.3 Å². The van der Waals surface area contributed by atoms with Crippen molar-refractivity contribution in [3.05, 3.63) is 35.9 Å². The highest BCUT2D eigenvalue weighted by molar-refractivity contribution is 5.25. The van der Waals surface area contributed by atoms with E-state index >= 15 is 0 Å². The molecule has 1 saturated carbocycles. The van der Waals surface area contributed by atoms with E-state index in [1.54, 1.807) is 7.05 Å². The Hall–Kier alpha value is -1.11. The van der Waals surface area contributed by atoms with Crippen molar-refractivity contribution in [3.63, 3.8) is 0 Å². The summed E-state index contributed by atoms with van der Waals surface area (Å²) in [6, 6.07) is 9.10. The SMILES string of the molecule is CNC(CO)(CN(CC(F)(F)F)C1CC1)c1ccccc1. The van der Waals surface area contributed by atoms with Gasteiger partial charge < -0.3 is 10.4 Å². The van der Waals surface area contributed by atoms with Crippen molar-refractivity contribution in [2.24, 2.45) is 0 Å². The average molecular weight is 302 g/mol. The molecular weight excluding hydrogens is 281 g/mol. The van der Waals surface area contributed by atoms with Crippen LogP contribution in [-0.4, -0.2) is 49.0 Å². The zero-order chi connectivity index (χ0) is 15.5. The molecule has 0 saturated heterocycles. The highest BCUT2D eigenvalue weighted by Crippen LogP contribution is 2.33. The molecule has 1 aromatic carbocycles. The number of benzene rings is 1. The van der Waals surface area contributed by atoms with Gasteiger partial charge in [0.2, 0.25) is 0 Å². The summed E-state index contributed by atoms with van der Waals surface area (Å²) in [6.07, 6.45) is -2.65. The van der Waals surface area contributed by atoms with E-state index in [2.05, 4.69) is 5.32 Å². The van der Waals surface area contributed by atoms with E-state index in [-0.39, 0.29) is 19.2 Å². The summed E-state index contributed by atoms with van der Waals surface area (Å²) in [5.74, 6) is 0. The minimum Gasteiger partial charge on any atom is -0.394 e. The molecule has 6 heteroatoms. The molecule has 1 atom stereocenters. The van der Waals surface area contributed by atoms with Gasteiger partial charge in [0.15, 0.2) is 0 Å². The van der Waals surface area contributed by atoms with Gasteiger partial charge in [-0.05, 0) is 25.5 Å². The van der Waals surface area contributed by atoms with Gasteiger partial charge in [-0.15, -0.1) is 0 Å². The van der Waals surface area contributed by atoms with Crippen LogP contribution in [0.1, 0.15) is 18.4 Å². The number of rotatable bonds is 7. The molecule has 0 heterocycles. The molecule has 2 rings (SSSR count). The van der Waals surface area contributed by atoms with Crippen molar-refractivity contribution in [2.45, 2.75) is 30.6 Å². The zero-order valence-corrected chi connectivity index (χ0v) is 12.0. The fraction of sp³-hybridized carbons (Fsp3) is 0.600. The molecule has 0 spiro atoms. The lowest BCUT2D eigenvalue weighted by Crippen LogP contribution is -2.54. The molecule has 0 aromatic heterocycles. The Morgan fingerprint density at radius 1 is 1.19 bits per heavy atom. The third-order valence-electron chi connectivity index (χ3n) is 3.99. The minimum atomic E-state index is -4.23. The maximum absolute atomic E-state index is 12.8. The van der Waals surface area contributed by atoms with E-state index in [9.17, 15) is 18.3 Å². The van der Waals surface area contributed by atoms with Gasteiger partial charge in [-0.2, -0.15) is 13.2 Å². The predicted octanol–water partition coefficient (Wildman–Crippen LogP) is 2.12. The quantitative estimate of drug-likeness (QED) is 0.810. The van der Waals surface area contributed by atoms with E-state index in [1.165, 1.54) is 4.90 Å². The summed E-state index contributed by atoms with van der Waals surface area (Å²) in [7, 11) is 1.67. The predicted molar refractivity (Wildman–Crippen MR) is 74.9 cm³/mol. The largest absolute Gasteiger partial charge is 0.401 e. The third kappa shape index (κ3) is 4.18. The molecule has 3 nitrogen and oxygen atoms in total. The lowest BCUT2D eigenvalue weighted by atomic mass is 9.90. The molecule has 21 heavy (non-hydrogen) atoms. The van der Waals surface area contributed by atoms with Gasteiger partial charge in [-0.25, -0.2) is 0 Å². The maximum Gasteiger partial charge on any atom is 0.401 e. The normalized spacial score (nSPS) is 18.8. The molecular formula is C15H21F3N2O. The van der Waals surface area contributed by atoms with E-state index in [4.69, 9.17) is 0 Å². The van der Waals surface area contributed by atoms with E-state index in [1.807, 2.05) is 30.3 Å². The van der Waals surface area contributed by atoms with E-state index in [0.717, 1.165) is 18.4 Å². The molecule has 2 N–H and O–H groups in total. The maximum atomic E-state index is 12.8. The Morgan fingerprint density at radius 2 is 1.81 bits per heavy atom. The molecule has 0 aliphatic heterocycles. The molecule has 1 aromatic rings. The van der Waals surface area contributed by atoms with Crippen molar-refractivity contribution in [3.8, 4) is 0 Å². The summed E-state index contributed by atoms with van der Waals surface area (Å²) < 4.78 is 38.3. The molecule has 0 radical (unpaired) electrons. The molecule has 1 unspecified atom stereocenters. The summed E-state index contributed by atoms with van der Waals surface area (Å²) in [6.45, 7) is -1.06. The molecule has 0 bridgehead atoms. The first-order valence-corrected chi connectivity index (χ1v) is 7.06. The first-order valence-electron chi connectivity index (χ1n) is 7.06. The average Bonchev–Trinajstić information content (AvgIpc) is 3.28. The number of halogens is 3. The van der Waals surface area contributed by atoms with Crippen LogP contribution in [0.15, 0.2) is 30.3 Å². The van der Waals surface area contributed by atoms with Gasteiger partial charge in [-0.3, -0.25) is 4.90 Å². The van der Waals surface area contributed by atoms with Crippen molar-refractivity contribution in [2.75, 3.05) is 26.7 Å². The summed E-state index contributed by atoms with van der Waals surface area (Å²) in [5.41, 5.74) is -0.0856. The van der Waals surface area contributed by atoms with Crippen LogP contribution >= 0.6 is 0 Å². The lowest BCUT2D eigenvalue weighted by molar-refractivity contribution is -0.150. The van der Waals surface area contributed by atoms with E-state index in [0.29, 0.717) is 0 Å². The number of likely N-dealkylation sites (N-methyl/N-ethyl adjacent to an activating group) is 1. The summed E-state index contributed by atoms with van der Waals surface area (Å²) >= 11 is 0. The number of aliphatic hydroxyl groups excluding tert-OH is 1. The second-order valence-electron chi connectivity index (χ2n) is 5.61. The molecule has 118 valence electrons. The zero-order valence-electron chi connectivity index (χ0n) is 12.0. The van der Waals surface area contributed by atoms with Gasteiger partial charge in [0.05, 0.1) is 18.7 Å². The minimum absolute atomic E-state index is 0.0328. The first-order chi connectivity index (χ1) is 9.90. The number of nitrogens with zero attached hydrogens (tertiary/aromatic N) is 1. The van der Waals surface area contributed by atoms with Gasteiger partial charge in [-0.1, -0.05) is 30.3 Å². The molecule has 1 fully saturated rings. The Kier molecular flexibility index (Phi) is 4.91. The lowest BCUT2D eigenvalue weighted by Gasteiger charge is -2.38. The highest BCUT2D eigenvalue weighted by atomic mass is 19.4. The number of aliphatic hydroxyl groups is 1. The van der Waals surface area contributed by atoms with Crippen molar-refractivity contribution in [1.29, 1.82) is 0 Å². The highest BCUT2D eigenvalue weighted by Gasteiger charge is 2.42. The number of nitrogens with one attached hydrogen (secondary N) is 1. The number of hydrogen-bond acceptors (Lipinski definition) is 3. The van der Waals surface area contributed by atoms with E-state index < -0.39 is 18.3 Å². The van der Waals surface area contributed by atoms with Crippen LogP contribution in [0.2, 0.25) is 0 Å². The van der Waals surface area contributed by atoms with Gasteiger partial charge in [0, 0.05) is 12.6 Å². The van der Waals surface area contributed by atoms with Crippen LogP contribution in [-0.2, 0) is 5.54 Å². The smallest absolute Gasteiger partial charge is 0.394 e. The molecule has 1 aliphatic carbocycles. The molecule has 1 aliphatic rings. The standard InChI is InChI=1S/C15H21F3N2O/c1-19-14(11-21,12-5-3-2-4-6-12)9-20(13-7-8-13)10-15(16,17)18/h2-6,13,19,21H,7-11H2,1H3. The Morgan fingerprint density at radius 3 is 2.24 bits per heavy atom. The summed E-state index contributed by atoms with van der Waals surface area (Å²) in [4.78, 5) is 1.43. The van der Waals surface area contributed by atoms with Crippen LogP contribution in [0.3, 0.4) is 0 Å². The second kappa shape index (κ2) is 6.34.